The average molecular weight is 358 g/mol. The molecule has 0 spiro atoms. The first-order valence-corrected chi connectivity index (χ1v) is 7.94. The fourth-order valence-corrected chi connectivity index (χ4v) is 3.66. The Balaban J connectivity index is 2.13. The molecule has 5 nitrogen and oxygen atoms in total. The number of nitrogens with two attached hydrogens (primary N) is 1. The number of aryl methyl sites for hydroxylation is 1. The summed E-state index contributed by atoms with van der Waals surface area (Å²) in [7, 11) is 0. The number of amides is 1. The number of alkyl halides is 3. The number of hydrogen-bond acceptors (Lipinski definition) is 6. The van der Waals surface area contributed by atoms with Gasteiger partial charge in [0.15, 0.2) is 5.13 Å². The third-order valence-corrected chi connectivity index (χ3v) is 4.78. The molecule has 0 aliphatic carbocycles. The summed E-state index contributed by atoms with van der Waals surface area (Å²) < 4.78 is 39.6. The van der Waals surface area contributed by atoms with Gasteiger partial charge in [0.2, 0.25) is 0 Å². The standard InChI is InChI=1S/C13H9F3N4OS2/c1-5-4-6(13(14,15)16)7-8(17)9(23-11(7)19-5)10(21)20-12-18-2-3-22-12/h2-4H,17H2,1H3,(H,18,20,21). The highest BCUT2D eigenvalue weighted by molar-refractivity contribution is 7.21. The van der Waals surface area contributed by atoms with Crippen molar-refractivity contribution in [3.63, 3.8) is 0 Å². The van der Waals surface area contributed by atoms with Gasteiger partial charge in [-0.3, -0.25) is 10.1 Å². The van der Waals surface area contributed by atoms with Crippen LogP contribution in [0.1, 0.15) is 20.9 Å². The first-order chi connectivity index (χ1) is 10.8. The number of halogens is 3. The molecular formula is C13H9F3N4OS2. The molecule has 0 aromatic carbocycles. The number of thiazole rings is 1. The minimum absolute atomic E-state index is 0.0150. The number of anilines is 2. The fraction of sp³-hybridized carbons (Fsp3) is 0.154. The van der Waals surface area contributed by atoms with Gasteiger partial charge in [0.05, 0.1) is 11.3 Å². The van der Waals surface area contributed by atoms with Gasteiger partial charge in [0.1, 0.15) is 9.71 Å². The first-order valence-electron chi connectivity index (χ1n) is 6.25. The number of nitrogens with zero attached hydrogens (tertiary/aromatic N) is 2. The predicted molar refractivity (Wildman–Crippen MR) is 83.8 cm³/mol. The number of hydrogen-bond donors (Lipinski definition) is 2. The average Bonchev–Trinajstić information content (AvgIpc) is 3.05. The quantitative estimate of drug-likeness (QED) is 0.728. The number of carbonyl (C=O) groups excluding carboxylic acids is 1. The van der Waals surface area contributed by atoms with E-state index in [0.29, 0.717) is 5.13 Å². The summed E-state index contributed by atoms with van der Waals surface area (Å²) in [6.45, 7) is 1.46. The number of nitrogen functional groups attached to an aromatic ring is 1. The fourth-order valence-electron chi connectivity index (χ4n) is 2.08. The van der Waals surface area contributed by atoms with Gasteiger partial charge in [-0.25, -0.2) is 9.97 Å². The molecule has 1 amide bonds. The van der Waals surface area contributed by atoms with Crippen molar-refractivity contribution >= 4 is 49.6 Å². The molecule has 3 aromatic heterocycles. The molecule has 3 aromatic rings. The number of pyridine rings is 1. The monoisotopic (exact) mass is 358 g/mol. The zero-order valence-corrected chi connectivity index (χ0v) is 13.2. The second-order valence-electron chi connectivity index (χ2n) is 4.63. The van der Waals surface area contributed by atoms with E-state index in [0.717, 1.165) is 17.4 Å². The molecule has 10 heteroatoms. The van der Waals surface area contributed by atoms with E-state index in [1.165, 1.54) is 24.5 Å². The summed E-state index contributed by atoms with van der Waals surface area (Å²) in [5, 5.41) is 4.27. The van der Waals surface area contributed by atoms with Crippen LogP contribution in [0.3, 0.4) is 0 Å². The Labute approximate surface area is 136 Å². The van der Waals surface area contributed by atoms with Crippen LogP contribution in [0, 0.1) is 6.92 Å². The highest BCUT2D eigenvalue weighted by Gasteiger charge is 2.35. The number of aromatic nitrogens is 2. The van der Waals surface area contributed by atoms with Crippen LogP contribution in [-0.4, -0.2) is 15.9 Å². The van der Waals surface area contributed by atoms with Crippen LogP contribution in [0.5, 0.6) is 0 Å². The molecule has 3 N–H and O–H groups in total. The minimum atomic E-state index is -4.58. The smallest absolute Gasteiger partial charge is 0.397 e. The van der Waals surface area contributed by atoms with E-state index >= 15 is 0 Å². The van der Waals surface area contributed by atoms with Crippen molar-refractivity contribution < 1.29 is 18.0 Å². The van der Waals surface area contributed by atoms with E-state index in [1.54, 1.807) is 5.38 Å². The van der Waals surface area contributed by atoms with E-state index in [9.17, 15) is 18.0 Å². The highest BCUT2D eigenvalue weighted by Crippen LogP contribution is 2.42. The second kappa shape index (κ2) is 5.46. The zero-order valence-electron chi connectivity index (χ0n) is 11.6. The van der Waals surface area contributed by atoms with Crippen molar-refractivity contribution in [1.82, 2.24) is 9.97 Å². The third kappa shape index (κ3) is 2.86. The van der Waals surface area contributed by atoms with Crippen molar-refractivity contribution in [2.75, 3.05) is 11.1 Å². The van der Waals surface area contributed by atoms with Gasteiger partial charge in [-0.1, -0.05) is 0 Å². The van der Waals surface area contributed by atoms with Gasteiger partial charge in [0.25, 0.3) is 5.91 Å². The summed E-state index contributed by atoms with van der Waals surface area (Å²) in [4.78, 5) is 20.2. The normalized spacial score (nSPS) is 11.8. The molecule has 0 unspecified atom stereocenters. The Morgan fingerprint density at radius 2 is 2.13 bits per heavy atom. The second-order valence-corrected chi connectivity index (χ2v) is 6.52. The van der Waals surface area contributed by atoms with Crippen LogP contribution >= 0.6 is 22.7 Å². The van der Waals surface area contributed by atoms with Gasteiger partial charge in [-0.2, -0.15) is 13.2 Å². The van der Waals surface area contributed by atoms with Crippen LogP contribution in [0.25, 0.3) is 10.2 Å². The maximum Gasteiger partial charge on any atom is 0.417 e. The van der Waals surface area contributed by atoms with E-state index in [-0.39, 0.29) is 26.5 Å². The van der Waals surface area contributed by atoms with Gasteiger partial charge in [0, 0.05) is 22.7 Å². The topological polar surface area (TPSA) is 80.9 Å². The number of rotatable bonds is 2. The Morgan fingerprint density at radius 3 is 2.74 bits per heavy atom. The van der Waals surface area contributed by atoms with E-state index in [1.807, 2.05) is 0 Å². The number of thiophene rings is 1. The molecule has 0 aliphatic heterocycles. The lowest BCUT2D eigenvalue weighted by molar-refractivity contribution is -0.136. The molecule has 120 valence electrons. The van der Waals surface area contributed by atoms with E-state index < -0.39 is 17.6 Å². The van der Waals surface area contributed by atoms with Crippen LogP contribution in [0.2, 0.25) is 0 Å². The maximum absolute atomic E-state index is 13.2. The van der Waals surface area contributed by atoms with Crippen molar-refractivity contribution in [1.29, 1.82) is 0 Å². The molecular weight excluding hydrogens is 349 g/mol. The molecule has 0 saturated carbocycles. The summed E-state index contributed by atoms with van der Waals surface area (Å²) in [5.74, 6) is -0.605. The molecule has 3 heterocycles. The molecule has 0 fully saturated rings. The number of nitrogens with one attached hydrogen (secondary N) is 1. The molecule has 0 bridgehead atoms. The van der Waals surface area contributed by atoms with Crippen LogP contribution in [0.15, 0.2) is 17.6 Å². The van der Waals surface area contributed by atoms with Crippen LogP contribution in [0.4, 0.5) is 24.0 Å². The van der Waals surface area contributed by atoms with Crippen molar-refractivity contribution in [3.8, 4) is 0 Å². The zero-order chi connectivity index (χ0) is 16.8. The highest BCUT2D eigenvalue weighted by atomic mass is 32.1. The molecule has 3 rings (SSSR count). The Hall–Kier alpha value is -2.20. The number of fused-ring (bicyclic) bond motifs is 1. The lowest BCUT2D eigenvalue weighted by atomic mass is 10.1. The first kappa shape index (κ1) is 15.7. The van der Waals surface area contributed by atoms with Gasteiger partial charge < -0.3 is 5.73 Å². The largest absolute Gasteiger partial charge is 0.417 e. The predicted octanol–water partition coefficient (Wildman–Crippen LogP) is 3.91. The number of carbonyl (C=O) groups is 1. The summed E-state index contributed by atoms with van der Waals surface area (Å²) in [6, 6.07) is 0.925. The van der Waals surface area contributed by atoms with Gasteiger partial charge >= 0.3 is 6.18 Å². The van der Waals surface area contributed by atoms with Crippen molar-refractivity contribution in [3.05, 3.63) is 33.8 Å². The van der Waals surface area contributed by atoms with Crippen molar-refractivity contribution in [2.45, 2.75) is 13.1 Å². The lowest BCUT2D eigenvalue weighted by Gasteiger charge is -2.09. The third-order valence-electron chi connectivity index (χ3n) is 2.99. The minimum Gasteiger partial charge on any atom is -0.397 e. The molecule has 23 heavy (non-hydrogen) atoms. The van der Waals surface area contributed by atoms with E-state index in [4.69, 9.17) is 5.73 Å². The van der Waals surface area contributed by atoms with Gasteiger partial charge in [-0.05, 0) is 13.0 Å². The Kier molecular flexibility index (Phi) is 3.72. The maximum atomic E-state index is 13.2. The summed E-state index contributed by atoms with van der Waals surface area (Å²) >= 11 is 2.02. The van der Waals surface area contributed by atoms with E-state index in [2.05, 4.69) is 15.3 Å². The van der Waals surface area contributed by atoms with Gasteiger partial charge in [-0.15, -0.1) is 22.7 Å². The lowest BCUT2D eigenvalue weighted by Crippen LogP contribution is -2.12. The Morgan fingerprint density at radius 1 is 1.39 bits per heavy atom. The molecule has 0 atom stereocenters. The SMILES string of the molecule is Cc1cc(C(F)(F)F)c2c(N)c(C(=O)Nc3nccs3)sc2n1. The summed E-state index contributed by atoms with van der Waals surface area (Å²) in [5.41, 5.74) is 4.91. The molecule has 0 saturated heterocycles. The van der Waals surface area contributed by atoms with Crippen LogP contribution in [-0.2, 0) is 6.18 Å². The molecule has 0 radical (unpaired) electrons. The van der Waals surface area contributed by atoms with Crippen molar-refractivity contribution in [2.24, 2.45) is 0 Å². The Bertz CT molecular complexity index is 887. The summed E-state index contributed by atoms with van der Waals surface area (Å²) in [6.07, 6.45) is -3.08. The molecule has 0 aliphatic rings. The van der Waals surface area contributed by atoms with Crippen LogP contribution < -0.4 is 11.1 Å².